The molecule has 1 aliphatic heterocycles. The summed E-state index contributed by atoms with van der Waals surface area (Å²) in [4.78, 5) is 19.5. The molecular formula is C30H30FN5OS. The Morgan fingerprint density at radius 3 is 2.50 bits per heavy atom. The molecular weight excluding hydrogens is 497 g/mol. The van der Waals surface area contributed by atoms with Crippen LogP contribution in [0.5, 0.6) is 0 Å². The van der Waals surface area contributed by atoms with Crippen LogP contribution in [0.2, 0.25) is 0 Å². The van der Waals surface area contributed by atoms with Crippen LogP contribution in [-0.4, -0.2) is 32.0 Å². The van der Waals surface area contributed by atoms with E-state index >= 15 is 0 Å². The Morgan fingerprint density at radius 2 is 1.79 bits per heavy atom. The molecule has 1 amide bonds. The Kier molecular flexibility index (Phi) is 7.24. The Bertz CT molecular complexity index is 1470. The molecule has 194 valence electrons. The number of rotatable bonds is 7. The minimum absolute atomic E-state index is 0.153. The first-order valence-electron chi connectivity index (χ1n) is 12.6. The van der Waals surface area contributed by atoms with E-state index in [0.717, 1.165) is 28.3 Å². The van der Waals surface area contributed by atoms with Crippen molar-refractivity contribution in [2.45, 2.75) is 39.3 Å². The van der Waals surface area contributed by atoms with Crippen molar-refractivity contribution in [2.24, 2.45) is 0 Å². The predicted molar refractivity (Wildman–Crippen MR) is 152 cm³/mol. The fourth-order valence-electron chi connectivity index (χ4n) is 5.24. The molecule has 0 unspecified atom stereocenters. The van der Waals surface area contributed by atoms with Crippen LogP contribution >= 0.6 is 12.2 Å². The van der Waals surface area contributed by atoms with Gasteiger partial charge in [0.2, 0.25) is 5.91 Å². The highest BCUT2D eigenvalue weighted by molar-refractivity contribution is 7.80. The van der Waals surface area contributed by atoms with Gasteiger partial charge in [0, 0.05) is 41.9 Å². The SMILES string of the molecule is Cc1ccccc1-n1c(C)cc([C@H]2[C@@H](c3ccccn3)NC(=S)N2CCC(=O)Nc2ccc(F)cc2)c1C. The van der Waals surface area contributed by atoms with Gasteiger partial charge in [-0.05, 0) is 92.6 Å². The Labute approximate surface area is 227 Å². The molecule has 0 aliphatic carbocycles. The van der Waals surface area contributed by atoms with Crippen LogP contribution in [0.15, 0.2) is 79.0 Å². The van der Waals surface area contributed by atoms with Crippen LogP contribution < -0.4 is 10.6 Å². The summed E-state index contributed by atoms with van der Waals surface area (Å²) < 4.78 is 15.5. The van der Waals surface area contributed by atoms with Gasteiger partial charge in [-0.1, -0.05) is 24.3 Å². The lowest BCUT2D eigenvalue weighted by molar-refractivity contribution is -0.116. The smallest absolute Gasteiger partial charge is 0.226 e. The average molecular weight is 528 g/mol. The number of thiocarbonyl (C=S) groups is 1. The van der Waals surface area contributed by atoms with Crippen LogP contribution in [0.25, 0.3) is 5.69 Å². The number of nitrogens with zero attached hydrogens (tertiary/aromatic N) is 3. The highest BCUT2D eigenvalue weighted by Gasteiger charge is 2.41. The summed E-state index contributed by atoms with van der Waals surface area (Å²) >= 11 is 5.79. The lowest BCUT2D eigenvalue weighted by Gasteiger charge is -2.28. The van der Waals surface area contributed by atoms with E-state index in [1.807, 2.05) is 24.3 Å². The van der Waals surface area contributed by atoms with Crippen molar-refractivity contribution in [1.29, 1.82) is 0 Å². The molecule has 2 atom stereocenters. The molecule has 1 aliphatic rings. The van der Waals surface area contributed by atoms with E-state index in [-0.39, 0.29) is 30.2 Å². The number of hydrogen-bond donors (Lipinski definition) is 2. The molecule has 5 rings (SSSR count). The predicted octanol–water partition coefficient (Wildman–Crippen LogP) is 5.94. The molecule has 6 nitrogen and oxygen atoms in total. The van der Waals surface area contributed by atoms with Crippen LogP contribution in [-0.2, 0) is 4.79 Å². The number of hydrogen-bond acceptors (Lipinski definition) is 3. The summed E-state index contributed by atoms with van der Waals surface area (Å²) in [6.45, 7) is 6.77. The number of benzene rings is 2. The molecule has 2 aromatic carbocycles. The van der Waals surface area contributed by atoms with Crippen molar-refractivity contribution < 1.29 is 9.18 Å². The maximum absolute atomic E-state index is 13.2. The Balaban J connectivity index is 1.47. The van der Waals surface area contributed by atoms with Crippen LogP contribution in [0.1, 0.15) is 46.7 Å². The molecule has 38 heavy (non-hydrogen) atoms. The minimum atomic E-state index is -0.344. The summed E-state index contributed by atoms with van der Waals surface area (Å²) in [7, 11) is 0. The van der Waals surface area contributed by atoms with Gasteiger partial charge in [-0.25, -0.2) is 4.39 Å². The molecule has 1 saturated heterocycles. The number of aryl methyl sites for hydroxylation is 2. The summed E-state index contributed by atoms with van der Waals surface area (Å²) in [6, 6.07) is 21.8. The quantitative estimate of drug-likeness (QED) is 0.292. The molecule has 2 N–H and O–H groups in total. The van der Waals surface area contributed by atoms with Crippen LogP contribution in [0.3, 0.4) is 0 Å². The zero-order valence-electron chi connectivity index (χ0n) is 21.6. The highest BCUT2D eigenvalue weighted by atomic mass is 32.1. The van der Waals surface area contributed by atoms with Crippen molar-refractivity contribution in [3.8, 4) is 5.69 Å². The van der Waals surface area contributed by atoms with Crippen molar-refractivity contribution in [3.63, 3.8) is 0 Å². The maximum atomic E-state index is 13.2. The van der Waals surface area contributed by atoms with Gasteiger partial charge >= 0.3 is 0 Å². The maximum Gasteiger partial charge on any atom is 0.226 e. The monoisotopic (exact) mass is 527 g/mol. The van der Waals surface area contributed by atoms with Crippen molar-refractivity contribution in [1.82, 2.24) is 19.8 Å². The third-order valence-corrected chi connectivity index (χ3v) is 7.40. The second-order valence-corrected chi connectivity index (χ2v) is 9.96. The first-order chi connectivity index (χ1) is 18.3. The molecule has 0 saturated carbocycles. The fourth-order valence-corrected chi connectivity index (χ4v) is 5.57. The summed E-state index contributed by atoms with van der Waals surface area (Å²) in [6.07, 6.45) is 2.01. The normalized spacial score (nSPS) is 16.9. The van der Waals surface area contributed by atoms with E-state index in [1.54, 1.807) is 18.3 Å². The highest BCUT2D eigenvalue weighted by Crippen LogP contribution is 2.41. The number of aromatic nitrogens is 2. The van der Waals surface area contributed by atoms with Crippen molar-refractivity contribution >= 4 is 28.9 Å². The van der Waals surface area contributed by atoms with Gasteiger partial charge in [0.25, 0.3) is 0 Å². The van der Waals surface area contributed by atoms with Crippen LogP contribution in [0.4, 0.5) is 10.1 Å². The zero-order valence-corrected chi connectivity index (χ0v) is 22.4. The van der Waals surface area contributed by atoms with Crippen molar-refractivity contribution in [3.05, 3.63) is 113 Å². The second-order valence-electron chi connectivity index (χ2n) is 9.57. The molecule has 0 radical (unpaired) electrons. The fraction of sp³-hybridized carbons (Fsp3) is 0.233. The van der Waals surface area contributed by atoms with E-state index < -0.39 is 0 Å². The lowest BCUT2D eigenvalue weighted by atomic mass is 9.96. The third-order valence-electron chi connectivity index (χ3n) is 7.05. The molecule has 0 spiro atoms. The number of carbonyl (C=O) groups excluding carboxylic acids is 1. The minimum Gasteiger partial charge on any atom is -0.352 e. The van der Waals surface area contributed by atoms with E-state index in [9.17, 15) is 9.18 Å². The van der Waals surface area contributed by atoms with Gasteiger partial charge in [-0.15, -0.1) is 0 Å². The number of para-hydroxylation sites is 1. The molecule has 0 bridgehead atoms. The largest absolute Gasteiger partial charge is 0.352 e. The van der Waals surface area contributed by atoms with Crippen molar-refractivity contribution in [2.75, 3.05) is 11.9 Å². The van der Waals surface area contributed by atoms with Gasteiger partial charge in [0.05, 0.1) is 17.8 Å². The lowest BCUT2D eigenvalue weighted by Crippen LogP contribution is -2.32. The number of amides is 1. The number of carbonyl (C=O) groups is 1. The van der Waals surface area contributed by atoms with Gasteiger partial charge in [-0.2, -0.15) is 0 Å². The number of halogens is 1. The second kappa shape index (κ2) is 10.8. The molecule has 8 heteroatoms. The van der Waals surface area contributed by atoms with Gasteiger partial charge < -0.3 is 20.1 Å². The van der Waals surface area contributed by atoms with E-state index in [2.05, 4.69) is 70.1 Å². The summed E-state index contributed by atoms with van der Waals surface area (Å²) in [5, 5.41) is 6.90. The summed E-state index contributed by atoms with van der Waals surface area (Å²) in [5.41, 5.74) is 7.15. The topological polar surface area (TPSA) is 62.2 Å². The van der Waals surface area contributed by atoms with Gasteiger partial charge in [0.15, 0.2) is 5.11 Å². The summed E-state index contributed by atoms with van der Waals surface area (Å²) in [5.74, 6) is -0.506. The first-order valence-corrected chi connectivity index (χ1v) is 13.0. The Hall–Kier alpha value is -4.04. The molecule has 4 aromatic rings. The van der Waals surface area contributed by atoms with E-state index in [1.165, 1.54) is 17.7 Å². The average Bonchev–Trinajstić information content (AvgIpc) is 3.39. The van der Waals surface area contributed by atoms with Gasteiger partial charge in [-0.3, -0.25) is 9.78 Å². The van der Waals surface area contributed by atoms with Crippen LogP contribution in [0, 0.1) is 26.6 Å². The third kappa shape index (κ3) is 5.04. The number of nitrogens with one attached hydrogen (secondary N) is 2. The number of pyridine rings is 1. The first kappa shape index (κ1) is 25.6. The molecule has 3 heterocycles. The molecule has 2 aromatic heterocycles. The van der Waals surface area contributed by atoms with E-state index in [0.29, 0.717) is 17.3 Å². The Morgan fingerprint density at radius 1 is 1.05 bits per heavy atom. The zero-order chi connectivity index (χ0) is 26.8. The van der Waals surface area contributed by atoms with Gasteiger partial charge in [0.1, 0.15) is 5.82 Å². The number of anilines is 1. The van der Waals surface area contributed by atoms with E-state index in [4.69, 9.17) is 12.2 Å². The molecule has 1 fully saturated rings. The standard InChI is InChI=1S/C30H30FN5OS/c1-19-8-4-5-10-26(19)36-20(2)18-24(21(36)3)29-28(25-9-6-7-16-32-25)34-30(38)35(29)17-15-27(37)33-23-13-11-22(31)12-14-23/h4-14,16,18,28-29H,15,17H2,1-3H3,(H,33,37)(H,34,38)/t28-,29+/m1/s1.